The summed E-state index contributed by atoms with van der Waals surface area (Å²) in [6.45, 7) is 0.347. The van der Waals surface area contributed by atoms with Gasteiger partial charge in [-0.2, -0.15) is 5.10 Å². The van der Waals surface area contributed by atoms with Gasteiger partial charge in [0.05, 0.1) is 12.5 Å². The van der Waals surface area contributed by atoms with Crippen LogP contribution in [0.15, 0.2) is 48.9 Å². The van der Waals surface area contributed by atoms with E-state index in [4.69, 9.17) is 5.73 Å². The van der Waals surface area contributed by atoms with Gasteiger partial charge >= 0.3 is 0 Å². The number of likely N-dealkylation sites (tertiary alicyclic amines) is 1. The second kappa shape index (κ2) is 8.43. The Kier molecular flexibility index (Phi) is 5.69. The number of fused-ring (bicyclic) bond motifs is 1. The molecule has 0 spiro atoms. The number of hydrogen-bond acceptors (Lipinski definition) is 5. The van der Waals surface area contributed by atoms with Crippen molar-refractivity contribution in [3.63, 3.8) is 0 Å². The number of carbonyl (C=O) groups excluding carboxylic acids is 2. The second-order valence-electron chi connectivity index (χ2n) is 8.01. The smallest absolute Gasteiger partial charge is 0.240 e. The molecule has 1 fully saturated rings. The van der Waals surface area contributed by atoms with Crippen LogP contribution in [0.25, 0.3) is 16.8 Å². The Morgan fingerprint density at radius 2 is 1.94 bits per heavy atom. The number of pyridine rings is 1. The predicted molar refractivity (Wildman–Crippen MR) is 114 cm³/mol. The summed E-state index contributed by atoms with van der Waals surface area (Å²) >= 11 is 0. The van der Waals surface area contributed by atoms with E-state index in [1.807, 2.05) is 42.6 Å². The second-order valence-corrected chi connectivity index (χ2v) is 8.01. The molecule has 2 amide bonds. The van der Waals surface area contributed by atoms with Gasteiger partial charge in [-0.25, -0.2) is 13.9 Å². The summed E-state index contributed by atoms with van der Waals surface area (Å²) in [7, 11) is 3.25. The first-order chi connectivity index (χ1) is 14.8. The predicted octanol–water partition coefficient (Wildman–Crippen LogP) is 1.47. The van der Waals surface area contributed by atoms with E-state index in [1.165, 1.54) is 16.1 Å². The van der Waals surface area contributed by atoms with Crippen LogP contribution >= 0.6 is 0 Å². The first-order valence-electron chi connectivity index (χ1n) is 10.1. The summed E-state index contributed by atoms with van der Waals surface area (Å²) in [6.07, 6.45) is 2.58. The molecule has 0 radical (unpaired) electrons. The van der Waals surface area contributed by atoms with Crippen LogP contribution in [-0.2, 0) is 9.59 Å². The molecular formula is C22H25FN6O2. The number of rotatable bonds is 5. The molecule has 4 rings (SSSR count). The highest BCUT2D eigenvalue weighted by molar-refractivity contribution is 5.93. The maximum atomic E-state index is 13.6. The summed E-state index contributed by atoms with van der Waals surface area (Å²) in [4.78, 5) is 32.8. The van der Waals surface area contributed by atoms with E-state index in [2.05, 4.69) is 10.1 Å². The Morgan fingerprint density at radius 3 is 2.58 bits per heavy atom. The van der Waals surface area contributed by atoms with Gasteiger partial charge in [0.1, 0.15) is 18.5 Å². The Bertz CT molecular complexity index is 1100. The van der Waals surface area contributed by atoms with Gasteiger partial charge in [0, 0.05) is 26.8 Å². The molecular weight excluding hydrogens is 399 g/mol. The number of likely N-dealkylation sites (N-methyl/N-ethyl adjacent to an activating group) is 1. The number of hydrogen-bond donors (Lipinski definition) is 1. The third-order valence-electron chi connectivity index (χ3n) is 5.68. The molecule has 0 saturated carbocycles. The lowest BCUT2D eigenvalue weighted by atomic mass is 9.88. The van der Waals surface area contributed by atoms with Crippen LogP contribution in [0.5, 0.6) is 0 Å². The molecule has 162 valence electrons. The minimum Gasteiger partial charge on any atom is -0.348 e. The number of nitrogens with zero attached hydrogens (tertiary/aromatic N) is 5. The summed E-state index contributed by atoms with van der Waals surface area (Å²) in [6, 6.07) is 10.2. The summed E-state index contributed by atoms with van der Waals surface area (Å²) in [5, 5.41) is 4.09. The zero-order chi connectivity index (χ0) is 22.1. The highest BCUT2D eigenvalue weighted by Crippen LogP contribution is 2.27. The van der Waals surface area contributed by atoms with Crippen LogP contribution in [0.2, 0.25) is 0 Å². The van der Waals surface area contributed by atoms with Gasteiger partial charge in [-0.05, 0) is 35.2 Å². The molecule has 0 unspecified atom stereocenters. The molecule has 8 nitrogen and oxygen atoms in total. The van der Waals surface area contributed by atoms with E-state index in [0.717, 1.165) is 16.8 Å². The standard InChI is InChI=1S/C22H25FN6O2/c1-27(2)21(30)19(20(24)22(31)28-9-8-17(23)12-28)15-5-3-14(4-6-15)16-7-10-29-18(11-16)25-13-26-29/h3-7,10-11,13,17,19-20H,8-9,12,24H2,1-2H3/t17-,19-,20-/m0/s1. The molecule has 2 aromatic heterocycles. The molecule has 1 aliphatic rings. The molecule has 3 heterocycles. The van der Waals surface area contributed by atoms with Gasteiger partial charge in [-0.3, -0.25) is 9.59 Å². The molecule has 1 saturated heterocycles. The van der Waals surface area contributed by atoms with Gasteiger partial charge < -0.3 is 15.5 Å². The van der Waals surface area contributed by atoms with Crippen molar-refractivity contribution in [2.75, 3.05) is 27.2 Å². The lowest BCUT2D eigenvalue weighted by molar-refractivity contribution is -0.138. The van der Waals surface area contributed by atoms with Crippen molar-refractivity contribution in [3.8, 4) is 11.1 Å². The highest BCUT2D eigenvalue weighted by Gasteiger charge is 2.37. The molecule has 0 bridgehead atoms. The van der Waals surface area contributed by atoms with E-state index in [-0.39, 0.29) is 12.5 Å². The third kappa shape index (κ3) is 4.13. The Balaban J connectivity index is 1.62. The zero-order valence-electron chi connectivity index (χ0n) is 17.5. The van der Waals surface area contributed by atoms with Crippen LogP contribution in [0.3, 0.4) is 0 Å². The fourth-order valence-corrected chi connectivity index (χ4v) is 3.93. The molecule has 0 aliphatic carbocycles. The molecule has 1 aliphatic heterocycles. The molecule has 31 heavy (non-hydrogen) atoms. The fourth-order valence-electron chi connectivity index (χ4n) is 3.93. The van der Waals surface area contributed by atoms with E-state index in [1.54, 1.807) is 18.6 Å². The normalized spacial score (nSPS) is 18.2. The topological polar surface area (TPSA) is 96.8 Å². The Morgan fingerprint density at radius 1 is 1.19 bits per heavy atom. The zero-order valence-corrected chi connectivity index (χ0v) is 17.5. The number of carbonyl (C=O) groups is 2. The van der Waals surface area contributed by atoms with Crippen molar-refractivity contribution in [2.45, 2.75) is 24.6 Å². The summed E-state index contributed by atoms with van der Waals surface area (Å²) in [5.41, 5.74) is 9.54. The quantitative estimate of drug-likeness (QED) is 0.669. The monoisotopic (exact) mass is 424 g/mol. The minimum atomic E-state index is -1.08. The first-order valence-corrected chi connectivity index (χ1v) is 10.1. The number of alkyl halides is 1. The van der Waals surface area contributed by atoms with Gasteiger partial charge in [-0.15, -0.1) is 0 Å². The summed E-state index contributed by atoms with van der Waals surface area (Å²) in [5.74, 6) is -1.52. The van der Waals surface area contributed by atoms with E-state index < -0.39 is 24.0 Å². The minimum absolute atomic E-state index is 0.0272. The SMILES string of the molecule is CN(C)C(=O)[C@@H](c1ccc(-c2ccn3ncnc3c2)cc1)[C@H](N)C(=O)N1CC[C@H](F)C1. The molecule has 3 aromatic rings. The fraction of sp³-hybridized carbons (Fsp3) is 0.364. The number of aromatic nitrogens is 3. The number of amides is 2. The van der Waals surface area contributed by atoms with Crippen LogP contribution in [0, 0.1) is 0 Å². The lowest BCUT2D eigenvalue weighted by Crippen LogP contribution is -2.50. The van der Waals surface area contributed by atoms with Gasteiger partial charge in [-0.1, -0.05) is 24.3 Å². The van der Waals surface area contributed by atoms with Crippen molar-refractivity contribution in [1.29, 1.82) is 0 Å². The number of halogens is 1. The number of nitrogens with two attached hydrogens (primary N) is 1. The Labute approximate surface area is 179 Å². The van der Waals surface area contributed by atoms with Gasteiger partial charge in [0.2, 0.25) is 11.8 Å². The maximum absolute atomic E-state index is 13.6. The average molecular weight is 424 g/mol. The largest absolute Gasteiger partial charge is 0.348 e. The van der Waals surface area contributed by atoms with Crippen molar-refractivity contribution in [3.05, 3.63) is 54.5 Å². The van der Waals surface area contributed by atoms with Crippen LogP contribution in [0.1, 0.15) is 17.9 Å². The first kappa shape index (κ1) is 20.9. The van der Waals surface area contributed by atoms with Crippen molar-refractivity contribution >= 4 is 17.5 Å². The lowest BCUT2D eigenvalue weighted by Gasteiger charge is -2.28. The molecule has 2 N–H and O–H groups in total. The van der Waals surface area contributed by atoms with Crippen molar-refractivity contribution in [1.82, 2.24) is 24.4 Å². The van der Waals surface area contributed by atoms with Crippen molar-refractivity contribution < 1.29 is 14.0 Å². The molecule has 3 atom stereocenters. The molecule has 1 aromatic carbocycles. The summed E-state index contributed by atoms with van der Waals surface area (Å²) < 4.78 is 15.2. The van der Waals surface area contributed by atoms with Crippen molar-refractivity contribution in [2.24, 2.45) is 5.73 Å². The molecule has 9 heteroatoms. The van der Waals surface area contributed by atoms with Gasteiger partial charge in [0.15, 0.2) is 5.65 Å². The van der Waals surface area contributed by atoms with E-state index >= 15 is 0 Å². The average Bonchev–Trinajstić information content (AvgIpc) is 3.41. The van der Waals surface area contributed by atoms with Crippen LogP contribution in [0.4, 0.5) is 4.39 Å². The van der Waals surface area contributed by atoms with E-state index in [9.17, 15) is 14.0 Å². The van der Waals surface area contributed by atoms with Gasteiger partial charge in [0.25, 0.3) is 0 Å². The maximum Gasteiger partial charge on any atom is 0.240 e. The highest BCUT2D eigenvalue weighted by atomic mass is 19.1. The number of benzene rings is 1. The van der Waals surface area contributed by atoms with E-state index in [0.29, 0.717) is 18.5 Å². The third-order valence-corrected chi connectivity index (χ3v) is 5.68. The van der Waals surface area contributed by atoms with Crippen LogP contribution < -0.4 is 5.73 Å². The van der Waals surface area contributed by atoms with Crippen LogP contribution in [-0.4, -0.2) is 75.6 Å². The Hall–Kier alpha value is -3.33.